The molecule has 0 spiro atoms. The molecule has 0 aliphatic rings. The Morgan fingerprint density at radius 2 is 2.04 bits per heavy atom. The van der Waals surface area contributed by atoms with Crippen LogP contribution >= 0.6 is 0 Å². The van der Waals surface area contributed by atoms with Crippen LogP contribution in [0.25, 0.3) is 0 Å². The van der Waals surface area contributed by atoms with E-state index in [1.54, 1.807) is 0 Å². The van der Waals surface area contributed by atoms with Crippen molar-refractivity contribution in [3.05, 3.63) is 16.2 Å². The predicted molar refractivity (Wildman–Crippen MR) is 81.7 cm³/mol. The van der Waals surface area contributed by atoms with E-state index in [9.17, 15) is 19.5 Å². The number of carboxylic acids is 1. The lowest BCUT2D eigenvalue weighted by Gasteiger charge is -2.20. The summed E-state index contributed by atoms with van der Waals surface area (Å²) in [5.41, 5.74) is 9.84. The first kappa shape index (κ1) is 18.1. The molecule has 11 heteroatoms. The number of hydrogen-bond donors (Lipinski definition) is 5. The van der Waals surface area contributed by atoms with Crippen molar-refractivity contribution in [1.82, 2.24) is 9.66 Å². The SMILES string of the molecule is CC(=O)N(CCC(=O)O)n1c(O)c(CCCN=C(N)N)[nH]c1=O. The first-order chi connectivity index (χ1) is 10.7. The van der Waals surface area contributed by atoms with E-state index in [0.717, 1.165) is 9.69 Å². The molecule has 0 radical (unpaired) electrons. The standard InChI is InChI=1S/C12H20N6O5/c1-7(19)17(6-4-9(20)21)18-10(22)8(16-12(18)23)3-2-5-15-11(13)14/h22H,2-6H2,1H3,(H,16,23)(H,20,21)(H4,13,14,15). The molecule has 1 amide bonds. The molecule has 0 unspecified atom stereocenters. The minimum atomic E-state index is -1.13. The average molecular weight is 328 g/mol. The smallest absolute Gasteiger partial charge is 0.348 e. The quantitative estimate of drug-likeness (QED) is 0.209. The first-order valence-electron chi connectivity index (χ1n) is 6.82. The molecule has 0 saturated heterocycles. The van der Waals surface area contributed by atoms with Crippen molar-refractivity contribution in [3.63, 3.8) is 0 Å². The predicted octanol–water partition coefficient (Wildman–Crippen LogP) is -1.95. The van der Waals surface area contributed by atoms with Gasteiger partial charge in [-0.2, -0.15) is 4.68 Å². The highest BCUT2D eigenvalue weighted by molar-refractivity contribution is 5.84. The van der Waals surface area contributed by atoms with Gasteiger partial charge in [-0.25, -0.2) is 9.80 Å². The maximum atomic E-state index is 11.9. The maximum Gasteiger partial charge on any atom is 0.348 e. The highest BCUT2D eigenvalue weighted by Gasteiger charge is 2.21. The van der Waals surface area contributed by atoms with E-state index in [0.29, 0.717) is 13.0 Å². The molecular formula is C12H20N6O5. The number of nitrogens with one attached hydrogen (secondary N) is 1. The van der Waals surface area contributed by atoms with Gasteiger partial charge >= 0.3 is 11.7 Å². The van der Waals surface area contributed by atoms with Crippen LogP contribution in [0.2, 0.25) is 0 Å². The molecule has 7 N–H and O–H groups in total. The van der Waals surface area contributed by atoms with Gasteiger partial charge in [0.25, 0.3) is 0 Å². The number of hydrogen-bond acceptors (Lipinski definition) is 5. The molecule has 11 nitrogen and oxygen atoms in total. The maximum absolute atomic E-state index is 11.9. The highest BCUT2D eigenvalue weighted by Crippen LogP contribution is 2.15. The number of carboxylic acid groups (broad SMARTS) is 1. The zero-order valence-corrected chi connectivity index (χ0v) is 12.7. The molecule has 23 heavy (non-hydrogen) atoms. The molecule has 1 heterocycles. The Hall–Kier alpha value is -2.98. The fourth-order valence-electron chi connectivity index (χ4n) is 1.92. The lowest BCUT2D eigenvalue weighted by molar-refractivity contribution is -0.136. The highest BCUT2D eigenvalue weighted by atomic mass is 16.4. The third-order valence-corrected chi connectivity index (χ3v) is 2.94. The largest absolute Gasteiger partial charge is 0.492 e. The Bertz CT molecular complexity index is 657. The number of aromatic hydroxyl groups is 1. The minimum Gasteiger partial charge on any atom is -0.492 e. The third-order valence-electron chi connectivity index (χ3n) is 2.94. The van der Waals surface area contributed by atoms with Gasteiger partial charge in [0.05, 0.1) is 18.7 Å². The topological polar surface area (TPSA) is 180 Å². The molecule has 0 bridgehead atoms. The summed E-state index contributed by atoms with van der Waals surface area (Å²) in [4.78, 5) is 40.4. The van der Waals surface area contributed by atoms with Gasteiger partial charge in [0.15, 0.2) is 5.96 Å². The molecule has 0 aliphatic heterocycles. The third kappa shape index (κ3) is 5.05. The number of aryl methyl sites for hydroxylation is 1. The lowest BCUT2D eigenvalue weighted by Crippen LogP contribution is -2.45. The van der Waals surface area contributed by atoms with Crippen molar-refractivity contribution in [2.24, 2.45) is 16.5 Å². The summed E-state index contributed by atoms with van der Waals surface area (Å²) >= 11 is 0. The van der Waals surface area contributed by atoms with Crippen LogP contribution in [0.15, 0.2) is 9.79 Å². The molecule has 1 rings (SSSR count). The van der Waals surface area contributed by atoms with Gasteiger partial charge < -0.3 is 26.7 Å². The number of aromatic nitrogens is 2. The van der Waals surface area contributed by atoms with Crippen molar-refractivity contribution in [2.75, 3.05) is 18.1 Å². The van der Waals surface area contributed by atoms with Crippen LogP contribution in [0, 0.1) is 0 Å². The number of nitrogens with two attached hydrogens (primary N) is 2. The fraction of sp³-hybridized carbons (Fsp3) is 0.500. The second-order valence-corrected chi connectivity index (χ2v) is 4.74. The second kappa shape index (κ2) is 7.87. The van der Waals surface area contributed by atoms with E-state index in [-0.39, 0.29) is 31.0 Å². The Balaban J connectivity index is 2.94. The Labute approximate surface area is 131 Å². The monoisotopic (exact) mass is 328 g/mol. The Morgan fingerprint density at radius 1 is 1.39 bits per heavy atom. The number of carbonyl (C=O) groups is 2. The molecule has 0 fully saturated rings. The van der Waals surface area contributed by atoms with E-state index in [1.165, 1.54) is 6.92 Å². The summed E-state index contributed by atoms with van der Waals surface area (Å²) in [6.07, 6.45) is 0.368. The number of aliphatic carboxylic acids is 1. The molecule has 0 aliphatic carbocycles. The van der Waals surface area contributed by atoms with Crippen molar-refractivity contribution in [2.45, 2.75) is 26.2 Å². The van der Waals surface area contributed by atoms with Crippen LogP contribution in [0.3, 0.4) is 0 Å². The van der Waals surface area contributed by atoms with E-state index in [1.807, 2.05) is 0 Å². The summed E-state index contributed by atoms with van der Waals surface area (Å²) in [5, 5.41) is 19.7. The summed E-state index contributed by atoms with van der Waals surface area (Å²) in [6.45, 7) is 1.23. The Morgan fingerprint density at radius 3 is 2.57 bits per heavy atom. The molecular weight excluding hydrogens is 308 g/mol. The number of aliphatic imine (C=N–C) groups is 1. The number of guanidine groups is 1. The number of carbonyl (C=O) groups excluding carboxylic acids is 1. The van der Waals surface area contributed by atoms with Gasteiger partial charge in [-0.3, -0.25) is 14.6 Å². The van der Waals surface area contributed by atoms with Crippen LogP contribution in [0.4, 0.5) is 0 Å². The van der Waals surface area contributed by atoms with E-state index in [2.05, 4.69) is 9.98 Å². The minimum absolute atomic E-state index is 0.0586. The van der Waals surface area contributed by atoms with Gasteiger partial charge in [-0.05, 0) is 12.8 Å². The number of aromatic amines is 1. The van der Waals surface area contributed by atoms with E-state index in [4.69, 9.17) is 16.6 Å². The Kier molecular flexibility index (Phi) is 6.18. The number of H-pyrrole nitrogens is 1. The first-order valence-corrected chi connectivity index (χ1v) is 6.82. The summed E-state index contributed by atoms with van der Waals surface area (Å²) in [7, 11) is 0. The molecule has 0 atom stereocenters. The van der Waals surface area contributed by atoms with Crippen LogP contribution in [-0.4, -0.2) is 50.8 Å². The zero-order chi connectivity index (χ0) is 17.6. The number of amides is 1. The number of rotatable bonds is 8. The number of nitrogens with zero attached hydrogens (tertiary/aromatic N) is 3. The van der Waals surface area contributed by atoms with Crippen LogP contribution in [-0.2, 0) is 16.0 Å². The van der Waals surface area contributed by atoms with Crippen LogP contribution < -0.4 is 22.2 Å². The van der Waals surface area contributed by atoms with Gasteiger partial charge in [0.2, 0.25) is 11.8 Å². The lowest BCUT2D eigenvalue weighted by atomic mass is 10.2. The van der Waals surface area contributed by atoms with Gasteiger partial charge in [0.1, 0.15) is 0 Å². The molecule has 0 aromatic carbocycles. The van der Waals surface area contributed by atoms with Gasteiger partial charge in [0, 0.05) is 13.5 Å². The van der Waals surface area contributed by atoms with Crippen molar-refractivity contribution in [1.29, 1.82) is 0 Å². The number of imidazole rings is 1. The second-order valence-electron chi connectivity index (χ2n) is 4.74. The molecule has 0 saturated carbocycles. The fourth-order valence-corrected chi connectivity index (χ4v) is 1.92. The summed E-state index contributed by atoms with van der Waals surface area (Å²) < 4.78 is 0.723. The molecule has 1 aromatic rings. The van der Waals surface area contributed by atoms with Crippen LogP contribution in [0.5, 0.6) is 5.88 Å². The normalized spacial score (nSPS) is 10.3. The zero-order valence-electron chi connectivity index (χ0n) is 12.7. The van der Waals surface area contributed by atoms with Crippen molar-refractivity contribution in [3.8, 4) is 5.88 Å². The van der Waals surface area contributed by atoms with Crippen molar-refractivity contribution >= 4 is 17.8 Å². The van der Waals surface area contributed by atoms with Gasteiger partial charge in [-0.15, -0.1) is 0 Å². The summed E-state index contributed by atoms with van der Waals surface area (Å²) in [5.74, 6) is -2.21. The average Bonchev–Trinajstić information content (AvgIpc) is 2.70. The summed E-state index contributed by atoms with van der Waals surface area (Å²) in [6, 6.07) is 0. The van der Waals surface area contributed by atoms with Crippen LogP contribution in [0.1, 0.15) is 25.5 Å². The van der Waals surface area contributed by atoms with Gasteiger partial charge in [-0.1, -0.05) is 0 Å². The molecule has 128 valence electrons. The van der Waals surface area contributed by atoms with Crippen molar-refractivity contribution < 1.29 is 19.8 Å². The molecule has 1 aromatic heterocycles. The van der Waals surface area contributed by atoms with E-state index >= 15 is 0 Å². The van der Waals surface area contributed by atoms with E-state index < -0.39 is 23.4 Å².